The topological polar surface area (TPSA) is 98.3 Å². The van der Waals surface area contributed by atoms with E-state index in [4.69, 9.17) is 37.4 Å². The molecule has 2 amide bonds. The van der Waals surface area contributed by atoms with Crippen LogP contribution in [0.2, 0.25) is 10.0 Å². The summed E-state index contributed by atoms with van der Waals surface area (Å²) in [6.45, 7) is 2.12. The van der Waals surface area contributed by atoms with Gasteiger partial charge in [0.2, 0.25) is 0 Å². The lowest BCUT2D eigenvalue weighted by Gasteiger charge is -2.10. The van der Waals surface area contributed by atoms with Crippen molar-refractivity contribution in [3.63, 3.8) is 0 Å². The predicted molar refractivity (Wildman–Crippen MR) is 136 cm³/mol. The molecule has 0 fully saturated rings. The molecule has 3 aromatic rings. The normalized spacial score (nSPS) is 10.6. The maximum Gasteiger partial charge on any atom is 0.271 e. The lowest BCUT2D eigenvalue weighted by molar-refractivity contribution is -0.118. The molecule has 0 spiro atoms. The third kappa shape index (κ3) is 7.63. The summed E-state index contributed by atoms with van der Waals surface area (Å²) < 4.78 is 16.2. The standard InChI is InChI=1S/C25H23Cl2N3O5/c1-3-34-22-11-5-17(13-23(22)33-2)25(32)30-28-14-16-4-10-21(20(27)12-16)35-15-24(31)29-19-8-6-18(26)7-9-19/h4-14H,3,15H2,1-2H3,(H,29,31)(H,30,32)/b28-14+. The van der Waals surface area contributed by atoms with Crippen molar-refractivity contribution in [2.45, 2.75) is 6.92 Å². The Morgan fingerprint density at radius 2 is 1.69 bits per heavy atom. The molecule has 0 heterocycles. The van der Waals surface area contributed by atoms with Crippen LogP contribution < -0.4 is 25.0 Å². The average molecular weight is 516 g/mol. The largest absolute Gasteiger partial charge is 0.493 e. The highest BCUT2D eigenvalue weighted by atomic mass is 35.5. The number of hydrogen-bond acceptors (Lipinski definition) is 6. The summed E-state index contributed by atoms with van der Waals surface area (Å²) in [7, 11) is 1.50. The minimum absolute atomic E-state index is 0.225. The second kappa shape index (κ2) is 12.6. The fraction of sp³-hybridized carbons (Fsp3) is 0.160. The Hall–Kier alpha value is -3.75. The molecule has 0 saturated heterocycles. The van der Waals surface area contributed by atoms with Crippen molar-refractivity contribution in [1.82, 2.24) is 5.43 Å². The van der Waals surface area contributed by atoms with Gasteiger partial charge in [-0.15, -0.1) is 0 Å². The van der Waals surface area contributed by atoms with Crippen molar-refractivity contribution in [3.05, 3.63) is 81.8 Å². The van der Waals surface area contributed by atoms with Crippen LogP contribution in [0.25, 0.3) is 0 Å². The van der Waals surface area contributed by atoms with Crippen LogP contribution in [-0.2, 0) is 4.79 Å². The summed E-state index contributed by atoms with van der Waals surface area (Å²) in [5, 5.41) is 7.52. The maximum atomic E-state index is 12.4. The Labute approximate surface area is 212 Å². The van der Waals surface area contributed by atoms with E-state index in [9.17, 15) is 9.59 Å². The second-order valence-corrected chi connectivity index (χ2v) is 7.88. The zero-order valence-electron chi connectivity index (χ0n) is 19.0. The number of nitrogens with zero attached hydrogens (tertiary/aromatic N) is 1. The minimum Gasteiger partial charge on any atom is -0.493 e. The lowest BCUT2D eigenvalue weighted by Crippen LogP contribution is -2.20. The van der Waals surface area contributed by atoms with Crippen molar-refractivity contribution in [1.29, 1.82) is 0 Å². The number of hydrazone groups is 1. The van der Waals surface area contributed by atoms with Crippen LogP contribution in [0, 0.1) is 0 Å². The van der Waals surface area contributed by atoms with Gasteiger partial charge in [-0.2, -0.15) is 5.10 Å². The van der Waals surface area contributed by atoms with Gasteiger partial charge in [-0.05, 0) is 73.2 Å². The summed E-state index contributed by atoms with van der Waals surface area (Å²) >= 11 is 12.1. The molecule has 0 bridgehead atoms. The number of halogens is 2. The fourth-order valence-electron chi connectivity index (χ4n) is 2.90. The Kier molecular flexibility index (Phi) is 9.34. The SMILES string of the molecule is CCOc1ccc(C(=O)N/N=C/c2ccc(OCC(=O)Nc3ccc(Cl)cc3)c(Cl)c2)cc1OC. The molecule has 0 atom stereocenters. The zero-order chi connectivity index (χ0) is 25.2. The van der Waals surface area contributed by atoms with E-state index in [2.05, 4.69) is 15.8 Å². The molecule has 0 aromatic heterocycles. The molecule has 0 aliphatic rings. The van der Waals surface area contributed by atoms with Crippen LogP contribution in [0.1, 0.15) is 22.8 Å². The third-order valence-electron chi connectivity index (χ3n) is 4.55. The Morgan fingerprint density at radius 3 is 2.37 bits per heavy atom. The number of rotatable bonds is 10. The average Bonchev–Trinajstić information content (AvgIpc) is 2.85. The molecular formula is C25H23Cl2N3O5. The van der Waals surface area contributed by atoms with Gasteiger partial charge in [-0.1, -0.05) is 23.2 Å². The summed E-state index contributed by atoms with van der Waals surface area (Å²) in [6.07, 6.45) is 1.44. The van der Waals surface area contributed by atoms with Gasteiger partial charge in [0.15, 0.2) is 18.1 Å². The van der Waals surface area contributed by atoms with Crippen molar-refractivity contribution in [2.75, 3.05) is 25.6 Å². The number of ether oxygens (including phenoxy) is 3. The first-order valence-electron chi connectivity index (χ1n) is 10.5. The number of nitrogens with one attached hydrogen (secondary N) is 2. The summed E-state index contributed by atoms with van der Waals surface area (Å²) in [5.74, 6) is 0.575. The molecule has 0 aliphatic carbocycles. The van der Waals surface area contributed by atoms with E-state index in [-0.39, 0.29) is 17.5 Å². The lowest BCUT2D eigenvalue weighted by atomic mass is 10.2. The minimum atomic E-state index is -0.416. The van der Waals surface area contributed by atoms with Crippen LogP contribution >= 0.6 is 23.2 Å². The van der Waals surface area contributed by atoms with E-state index in [1.807, 2.05) is 6.92 Å². The first-order chi connectivity index (χ1) is 16.9. The molecule has 35 heavy (non-hydrogen) atoms. The molecule has 182 valence electrons. The number of carbonyl (C=O) groups is 2. The Bertz CT molecular complexity index is 1220. The number of methoxy groups -OCH3 is 1. The van der Waals surface area contributed by atoms with E-state index >= 15 is 0 Å². The highest BCUT2D eigenvalue weighted by Crippen LogP contribution is 2.28. The molecule has 2 N–H and O–H groups in total. The summed E-state index contributed by atoms with van der Waals surface area (Å²) in [6, 6.07) is 16.5. The third-order valence-corrected chi connectivity index (χ3v) is 5.10. The van der Waals surface area contributed by atoms with Crippen molar-refractivity contribution in [3.8, 4) is 17.2 Å². The number of amides is 2. The summed E-state index contributed by atoms with van der Waals surface area (Å²) in [5.41, 5.74) is 4.04. The van der Waals surface area contributed by atoms with Crippen molar-refractivity contribution >= 4 is 46.9 Å². The Morgan fingerprint density at radius 1 is 0.943 bits per heavy atom. The highest BCUT2D eigenvalue weighted by molar-refractivity contribution is 6.32. The fourth-order valence-corrected chi connectivity index (χ4v) is 3.27. The summed E-state index contributed by atoms with van der Waals surface area (Å²) in [4.78, 5) is 24.5. The molecular weight excluding hydrogens is 493 g/mol. The van der Waals surface area contributed by atoms with E-state index < -0.39 is 5.91 Å². The van der Waals surface area contributed by atoms with Gasteiger partial charge in [0.1, 0.15) is 5.75 Å². The molecule has 0 aliphatic heterocycles. The van der Waals surface area contributed by atoms with Gasteiger partial charge in [-0.3, -0.25) is 9.59 Å². The molecule has 8 nitrogen and oxygen atoms in total. The number of carbonyl (C=O) groups excluding carboxylic acids is 2. The van der Waals surface area contributed by atoms with Crippen LogP contribution in [0.15, 0.2) is 65.8 Å². The van der Waals surface area contributed by atoms with Gasteiger partial charge < -0.3 is 19.5 Å². The van der Waals surface area contributed by atoms with Gasteiger partial charge in [-0.25, -0.2) is 5.43 Å². The van der Waals surface area contributed by atoms with Crippen LogP contribution in [0.5, 0.6) is 17.2 Å². The van der Waals surface area contributed by atoms with Crippen molar-refractivity contribution in [2.24, 2.45) is 5.10 Å². The molecule has 10 heteroatoms. The molecule has 0 saturated carbocycles. The van der Waals surface area contributed by atoms with Gasteiger partial charge in [0.05, 0.1) is 25.0 Å². The quantitative estimate of drug-likeness (QED) is 0.286. The van der Waals surface area contributed by atoms with Crippen molar-refractivity contribution < 1.29 is 23.8 Å². The number of anilines is 1. The van der Waals surface area contributed by atoms with Gasteiger partial charge in [0.25, 0.3) is 11.8 Å². The molecule has 3 rings (SSSR count). The first kappa shape index (κ1) is 25.9. The highest BCUT2D eigenvalue weighted by Gasteiger charge is 2.11. The van der Waals surface area contributed by atoms with Crippen LogP contribution in [-0.4, -0.2) is 38.4 Å². The first-order valence-corrected chi connectivity index (χ1v) is 11.3. The number of hydrogen-bond donors (Lipinski definition) is 2. The number of benzene rings is 3. The van der Waals surface area contributed by atoms with Crippen LogP contribution in [0.3, 0.4) is 0 Å². The second-order valence-electron chi connectivity index (χ2n) is 7.03. The zero-order valence-corrected chi connectivity index (χ0v) is 20.5. The molecule has 0 radical (unpaired) electrons. The smallest absolute Gasteiger partial charge is 0.271 e. The monoisotopic (exact) mass is 515 g/mol. The molecule has 3 aromatic carbocycles. The van der Waals surface area contributed by atoms with Crippen LogP contribution in [0.4, 0.5) is 5.69 Å². The molecule has 0 unspecified atom stereocenters. The Balaban J connectivity index is 1.53. The van der Waals surface area contributed by atoms with E-state index in [1.165, 1.54) is 13.3 Å². The van der Waals surface area contributed by atoms with Gasteiger partial charge >= 0.3 is 0 Å². The predicted octanol–water partition coefficient (Wildman–Crippen LogP) is 5.18. The van der Waals surface area contributed by atoms with E-state index in [1.54, 1.807) is 60.7 Å². The maximum absolute atomic E-state index is 12.4. The van der Waals surface area contributed by atoms with Gasteiger partial charge in [0, 0.05) is 16.3 Å². The van der Waals surface area contributed by atoms with E-state index in [0.717, 1.165) is 0 Å². The van der Waals surface area contributed by atoms with E-state index in [0.29, 0.717) is 45.7 Å².